The second-order valence-electron chi connectivity index (χ2n) is 7.46. The van der Waals surface area contributed by atoms with Gasteiger partial charge in [0, 0.05) is 0 Å². The van der Waals surface area contributed by atoms with Gasteiger partial charge < -0.3 is 30.0 Å². The van der Waals surface area contributed by atoms with Gasteiger partial charge in [-0.15, -0.1) is 0 Å². The first-order valence-electron chi connectivity index (χ1n) is 9.28. The Morgan fingerprint density at radius 2 is 2.07 bits per heavy atom. The minimum absolute atomic E-state index is 0.0200. The van der Waals surface area contributed by atoms with E-state index in [0.29, 0.717) is 17.8 Å². The number of imidazole rings is 1. The second-order valence-corrected chi connectivity index (χ2v) is 7.80. The SMILES string of the molecule is Nc1nc(Cl)nc2c1ncn2C1[C@@H]2O[C@H](CO)C(O)C12COCc1ccccc1. The van der Waals surface area contributed by atoms with E-state index in [2.05, 4.69) is 15.0 Å². The summed E-state index contributed by atoms with van der Waals surface area (Å²) in [4.78, 5) is 12.5. The van der Waals surface area contributed by atoms with Crippen LogP contribution in [0.1, 0.15) is 11.6 Å². The summed E-state index contributed by atoms with van der Waals surface area (Å²) in [6, 6.07) is 9.51. The molecule has 152 valence electrons. The van der Waals surface area contributed by atoms with Crippen LogP contribution >= 0.6 is 11.6 Å². The molecular weight excluding hydrogens is 398 g/mol. The van der Waals surface area contributed by atoms with Gasteiger partial charge >= 0.3 is 0 Å². The molecule has 1 aliphatic carbocycles. The standard InChI is InChI=1S/C19H20ClN5O4/c20-18-23-16(21)12-17(24-18)25(9-22-12)13-15-19(13,14(27)11(6-26)29-15)8-28-7-10-4-2-1-3-5-10/h1-5,9,11,13-15,26-27H,6-8H2,(H2,21,23,24)/t11-,13?,14?,15+,19?/m1/s1. The average molecular weight is 418 g/mol. The molecule has 0 bridgehead atoms. The quantitative estimate of drug-likeness (QED) is 0.505. The third-order valence-corrected chi connectivity index (χ3v) is 6.02. The maximum Gasteiger partial charge on any atom is 0.226 e. The minimum atomic E-state index is -0.898. The molecule has 29 heavy (non-hydrogen) atoms. The van der Waals surface area contributed by atoms with Crippen LogP contribution in [0.2, 0.25) is 5.28 Å². The molecule has 2 aromatic heterocycles. The number of hydrogen-bond donors (Lipinski definition) is 3. The number of hydrogen-bond acceptors (Lipinski definition) is 8. The molecule has 0 radical (unpaired) electrons. The van der Waals surface area contributed by atoms with Crippen LogP contribution in [0.25, 0.3) is 11.2 Å². The van der Waals surface area contributed by atoms with E-state index in [-0.39, 0.29) is 36.5 Å². The van der Waals surface area contributed by atoms with Crippen molar-refractivity contribution in [2.45, 2.75) is 31.0 Å². The number of aliphatic hydroxyl groups excluding tert-OH is 2. The lowest BCUT2D eigenvalue weighted by Gasteiger charge is -2.25. The first-order chi connectivity index (χ1) is 14.1. The van der Waals surface area contributed by atoms with E-state index < -0.39 is 17.6 Å². The number of nitrogens with zero attached hydrogens (tertiary/aromatic N) is 4. The lowest BCUT2D eigenvalue weighted by atomic mass is 9.96. The molecule has 2 aliphatic rings. The highest BCUT2D eigenvalue weighted by molar-refractivity contribution is 6.28. The van der Waals surface area contributed by atoms with E-state index in [1.54, 1.807) is 10.9 Å². The van der Waals surface area contributed by atoms with E-state index in [0.717, 1.165) is 5.56 Å². The van der Waals surface area contributed by atoms with Crippen LogP contribution in [-0.4, -0.2) is 61.3 Å². The number of fused-ring (bicyclic) bond motifs is 2. The highest BCUT2D eigenvalue weighted by Crippen LogP contribution is 2.66. The van der Waals surface area contributed by atoms with Crippen LogP contribution < -0.4 is 5.73 Å². The van der Waals surface area contributed by atoms with Crippen molar-refractivity contribution in [3.63, 3.8) is 0 Å². The van der Waals surface area contributed by atoms with Gasteiger partial charge in [0.25, 0.3) is 0 Å². The van der Waals surface area contributed by atoms with Gasteiger partial charge in [-0.25, -0.2) is 4.98 Å². The lowest BCUT2D eigenvalue weighted by molar-refractivity contribution is -0.0547. The topological polar surface area (TPSA) is 129 Å². The zero-order valence-electron chi connectivity index (χ0n) is 15.3. The average Bonchev–Trinajstić information content (AvgIpc) is 2.99. The summed E-state index contributed by atoms with van der Waals surface area (Å²) in [6.45, 7) is 0.392. The summed E-state index contributed by atoms with van der Waals surface area (Å²) in [5.74, 6) is 0.189. The number of aromatic nitrogens is 4. The molecule has 9 nitrogen and oxygen atoms in total. The Labute approximate surface area is 171 Å². The number of nitrogen functional groups attached to an aromatic ring is 1. The maximum atomic E-state index is 10.9. The van der Waals surface area contributed by atoms with Gasteiger partial charge in [0.1, 0.15) is 11.6 Å². The highest BCUT2D eigenvalue weighted by atomic mass is 35.5. The van der Waals surface area contributed by atoms with Gasteiger partial charge in [-0.1, -0.05) is 30.3 Å². The number of benzene rings is 1. The summed E-state index contributed by atoms with van der Waals surface area (Å²) < 4.78 is 13.7. The molecule has 2 fully saturated rings. The molecular formula is C19H20ClN5O4. The van der Waals surface area contributed by atoms with E-state index in [1.807, 2.05) is 30.3 Å². The van der Waals surface area contributed by atoms with Gasteiger partial charge in [0.2, 0.25) is 5.28 Å². The minimum Gasteiger partial charge on any atom is -0.394 e. The molecule has 5 atom stereocenters. The summed E-state index contributed by atoms with van der Waals surface area (Å²) in [6.07, 6.45) is -0.310. The van der Waals surface area contributed by atoms with E-state index in [9.17, 15) is 10.2 Å². The Kier molecular flexibility index (Phi) is 4.45. The third kappa shape index (κ3) is 2.81. The van der Waals surface area contributed by atoms with Crippen LogP contribution in [0.4, 0.5) is 5.82 Å². The predicted molar refractivity (Wildman–Crippen MR) is 104 cm³/mol. The summed E-state index contributed by atoms with van der Waals surface area (Å²) in [7, 11) is 0. The largest absolute Gasteiger partial charge is 0.394 e. The molecule has 3 aromatic rings. The van der Waals surface area contributed by atoms with Crippen molar-refractivity contribution in [2.75, 3.05) is 18.9 Å². The number of ether oxygens (including phenoxy) is 2. The highest BCUT2D eigenvalue weighted by Gasteiger charge is 2.77. The molecule has 5 rings (SSSR count). The Balaban J connectivity index is 1.45. The molecule has 1 aliphatic heterocycles. The van der Waals surface area contributed by atoms with Gasteiger partial charge in [0.15, 0.2) is 11.5 Å². The van der Waals surface area contributed by atoms with Gasteiger partial charge in [-0.2, -0.15) is 9.97 Å². The Hall–Kier alpha value is -2.30. The van der Waals surface area contributed by atoms with Crippen LogP contribution in [-0.2, 0) is 16.1 Å². The second kappa shape index (κ2) is 6.89. The van der Waals surface area contributed by atoms with E-state index in [1.165, 1.54) is 0 Å². The number of aliphatic hydroxyl groups is 2. The predicted octanol–water partition coefficient (Wildman–Crippen LogP) is 0.940. The molecule has 0 amide bonds. The number of rotatable bonds is 6. The number of halogens is 1. The summed E-state index contributed by atoms with van der Waals surface area (Å²) in [5.41, 5.74) is 7.13. The fourth-order valence-corrected chi connectivity index (χ4v) is 4.56. The summed E-state index contributed by atoms with van der Waals surface area (Å²) in [5, 5.41) is 20.5. The van der Waals surface area contributed by atoms with Crippen molar-refractivity contribution in [2.24, 2.45) is 5.41 Å². The molecule has 1 saturated heterocycles. The molecule has 4 N–H and O–H groups in total. The zero-order chi connectivity index (χ0) is 20.2. The Bertz CT molecular complexity index is 1050. The van der Waals surface area contributed by atoms with Gasteiger partial charge in [0.05, 0.1) is 49.8 Å². The van der Waals surface area contributed by atoms with Gasteiger partial charge in [-0.05, 0) is 17.2 Å². The van der Waals surface area contributed by atoms with Crippen LogP contribution in [0.15, 0.2) is 36.7 Å². The monoisotopic (exact) mass is 417 g/mol. The van der Waals surface area contributed by atoms with Gasteiger partial charge in [-0.3, -0.25) is 0 Å². The van der Waals surface area contributed by atoms with Crippen molar-refractivity contribution in [3.8, 4) is 0 Å². The smallest absolute Gasteiger partial charge is 0.226 e. The molecule has 1 saturated carbocycles. The fraction of sp³-hybridized carbons (Fsp3) is 0.421. The molecule has 1 aromatic carbocycles. The Morgan fingerprint density at radius 3 is 2.83 bits per heavy atom. The van der Waals surface area contributed by atoms with E-state index in [4.69, 9.17) is 26.8 Å². The van der Waals surface area contributed by atoms with Crippen molar-refractivity contribution in [1.29, 1.82) is 0 Å². The third-order valence-electron chi connectivity index (χ3n) is 5.85. The van der Waals surface area contributed by atoms with Crippen molar-refractivity contribution in [3.05, 3.63) is 47.5 Å². The van der Waals surface area contributed by atoms with Crippen molar-refractivity contribution < 1.29 is 19.7 Å². The molecule has 10 heteroatoms. The lowest BCUT2D eigenvalue weighted by Crippen LogP contribution is -2.38. The summed E-state index contributed by atoms with van der Waals surface area (Å²) >= 11 is 5.98. The number of nitrogens with two attached hydrogens (primary N) is 1. The van der Waals surface area contributed by atoms with E-state index >= 15 is 0 Å². The molecule has 3 heterocycles. The normalized spacial score (nSPS) is 30.6. The first kappa shape index (κ1) is 18.7. The maximum absolute atomic E-state index is 10.9. The van der Waals surface area contributed by atoms with Crippen LogP contribution in [0, 0.1) is 5.41 Å². The Morgan fingerprint density at radius 1 is 1.28 bits per heavy atom. The molecule has 3 unspecified atom stereocenters. The fourth-order valence-electron chi connectivity index (χ4n) is 4.39. The van der Waals surface area contributed by atoms with Crippen molar-refractivity contribution in [1.82, 2.24) is 19.5 Å². The molecule has 0 spiro atoms. The first-order valence-corrected chi connectivity index (χ1v) is 9.65. The van der Waals surface area contributed by atoms with Crippen LogP contribution in [0.5, 0.6) is 0 Å². The zero-order valence-corrected chi connectivity index (χ0v) is 16.1. The van der Waals surface area contributed by atoms with Crippen LogP contribution in [0.3, 0.4) is 0 Å². The van der Waals surface area contributed by atoms with Crippen molar-refractivity contribution >= 4 is 28.6 Å². The number of anilines is 1.